The van der Waals surface area contributed by atoms with Crippen molar-refractivity contribution in [1.29, 1.82) is 0 Å². The fourth-order valence-electron chi connectivity index (χ4n) is 1.63. The molecule has 7 nitrogen and oxygen atoms in total. The zero-order valence-electron chi connectivity index (χ0n) is 10.8. The van der Waals surface area contributed by atoms with Crippen LogP contribution in [0.5, 0.6) is 5.75 Å². The molecule has 1 N–H and O–H groups in total. The predicted octanol–water partition coefficient (Wildman–Crippen LogP) is 1.72. The largest absolute Gasteiger partial charge is 0.616 e. The van der Waals surface area contributed by atoms with Gasteiger partial charge in [0.2, 0.25) is 0 Å². The summed E-state index contributed by atoms with van der Waals surface area (Å²) in [6, 6.07) is 4.04. The Morgan fingerprint density at radius 3 is 2.80 bits per heavy atom. The summed E-state index contributed by atoms with van der Waals surface area (Å²) in [4.78, 5) is 21.8. The van der Waals surface area contributed by atoms with Crippen LogP contribution in [0.3, 0.4) is 0 Å². The first-order valence-corrected chi connectivity index (χ1v) is 7.74. The average molecular weight is 298 g/mol. The van der Waals surface area contributed by atoms with Gasteiger partial charge in [0, 0.05) is 18.2 Å². The van der Waals surface area contributed by atoms with Gasteiger partial charge in [-0.05, 0) is 18.9 Å². The highest BCUT2D eigenvalue weighted by Crippen LogP contribution is 2.26. The lowest BCUT2D eigenvalue weighted by Crippen LogP contribution is -2.29. The third kappa shape index (κ3) is 4.10. The molecule has 0 radical (unpaired) electrons. The van der Waals surface area contributed by atoms with Crippen molar-refractivity contribution in [3.63, 3.8) is 0 Å². The van der Waals surface area contributed by atoms with Crippen LogP contribution in [-0.4, -0.2) is 27.9 Å². The number of nitro groups is 1. The van der Waals surface area contributed by atoms with E-state index in [0.29, 0.717) is 5.56 Å². The molecule has 0 aliphatic heterocycles. The lowest BCUT2D eigenvalue weighted by molar-refractivity contribution is -0.384. The number of carbonyl (C=O) groups excluding carboxylic acids is 1. The molecular weight excluding hydrogens is 284 g/mol. The van der Waals surface area contributed by atoms with Crippen LogP contribution < -0.4 is 10.1 Å². The van der Waals surface area contributed by atoms with Gasteiger partial charge in [0.15, 0.2) is 0 Å². The number of nitrogens with zero attached hydrogens (tertiary/aromatic N) is 1. The van der Waals surface area contributed by atoms with E-state index in [1.165, 1.54) is 24.5 Å². The van der Waals surface area contributed by atoms with Crippen LogP contribution in [0.25, 0.3) is 0 Å². The summed E-state index contributed by atoms with van der Waals surface area (Å²) < 4.78 is 16.4. The van der Waals surface area contributed by atoms with Crippen molar-refractivity contribution in [1.82, 2.24) is 5.32 Å². The highest BCUT2D eigenvalue weighted by atomic mass is 32.2. The van der Waals surface area contributed by atoms with Gasteiger partial charge in [-0.2, -0.15) is 0 Å². The number of non-ortho nitro benzene ring substituents is 1. The van der Waals surface area contributed by atoms with Gasteiger partial charge in [-0.1, -0.05) is 11.2 Å². The van der Waals surface area contributed by atoms with E-state index < -0.39 is 22.2 Å². The molecule has 2 rings (SSSR count). The third-order valence-corrected chi connectivity index (χ3v) is 3.43. The Hall–Kier alpha value is -1.80. The molecule has 0 saturated heterocycles. The predicted molar refractivity (Wildman–Crippen MR) is 73.0 cm³/mol. The number of carbonyl (C=O) groups is 1. The summed E-state index contributed by atoms with van der Waals surface area (Å²) in [6.07, 6.45) is 2.75. The van der Waals surface area contributed by atoms with Crippen LogP contribution in [-0.2, 0) is 16.9 Å². The smallest absolute Gasteiger partial charge is 0.412 e. The van der Waals surface area contributed by atoms with Crippen LogP contribution in [0.4, 0.5) is 10.5 Å². The van der Waals surface area contributed by atoms with Gasteiger partial charge in [0.25, 0.3) is 5.69 Å². The van der Waals surface area contributed by atoms with Crippen molar-refractivity contribution in [2.24, 2.45) is 0 Å². The monoisotopic (exact) mass is 298 g/mol. The molecule has 20 heavy (non-hydrogen) atoms. The molecule has 1 saturated carbocycles. The van der Waals surface area contributed by atoms with Crippen molar-refractivity contribution >= 4 is 23.0 Å². The Labute approximate surface area is 118 Å². The zero-order chi connectivity index (χ0) is 14.7. The van der Waals surface area contributed by atoms with Gasteiger partial charge < -0.3 is 14.6 Å². The Morgan fingerprint density at radius 2 is 2.25 bits per heavy atom. The van der Waals surface area contributed by atoms with Gasteiger partial charge in [0.1, 0.15) is 11.5 Å². The second kappa shape index (κ2) is 6.10. The van der Waals surface area contributed by atoms with E-state index in [1.54, 1.807) is 0 Å². The van der Waals surface area contributed by atoms with Crippen molar-refractivity contribution in [2.75, 3.05) is 6.26 Å². The first kappa shape index (κ1) is 14.6. The Morgan fingerprint density at radius 1 is 1.55 bits per heavy atom. The first-order chi connectivity index (χ1) is 9.45. The number of nitrogens with one attached hydrogen (secondary N) is 1. The van der Waals surface area contributed by atoms with Crippen LogP contribution in [0, 0.1) is 10.1 Å². The highest BCUT2D eigenvalue weighted by Gasteiger charge is 2.25. The molecule has 1 aliphatic carbocycles. The van der Waals surface area contributed by atoms with E-state index in [1.807, 2.05) is 0 Å². The van der Waals surface area contributed by atoms with Gasteiger partial charge in [-0.3, -0.25) is 10.1 Å². The fourth-order valence-corrected chi connectivity index (χ4v) is 2.30. The molecule has 108 valence electrons. The fraction of sp³-hybridized carbons (Fsp3) is 0.417. The average Bonchev–Trinajstić information content (AvgIpc) is 3.14. The number of nitro benzene ring substituents is 1. The summed E-state index contributed by atoms with van der Waals surface area (Å²) in [5.74, 6) is 0.289. The quantitative estimate of drug-likeness (QED) is 0.506. The first-order valence-electron chi connectivity index (χ1n) is 6.01. The van der Waals surface area contributed by atoms with E-state index in [4.69, 9.17) is 4.74 Å². The van der Waals surface area contributed by atoms with Crippen LogP contribution in [0.2, 0.25) is 0 Å². The zero-order valence-corrected chi connectivity index (χ0v) is 11.6. The van der Waals surface area contributed by atoms with Gasteiger partial charge in [-0.15, -0.1) is 0 Å². The molecular formula is C12H14N2O5S. The summed E-state index contributed by atoms with van der Waals surface area (Å²) in [6.45, 7) is 0. The Bertz CT molecular complexity index is 531. The normalized spacial score (nSPS) is 15.5. The molecule has 1 aromatic rings. The molecule has 0 aromatic heterocycles. The molecule has 1 aliphatic rings. The molecule has 0 bridgehead atoms. The maximum absolute atomic E-state index is 11.6. The van der Waals surface area contributed by atoms with Gasteiger partial charge >= 0.3 is 6.09 Å². The minimum absolute atomic E-state index is 0.0910. The SMILES string of the molecule is C[S+]([O-])Cc1cc([N+](=O)[O-])ccc1OC(=O)NC1CC1. The molecule has 0 heterocycles. The van der Waals surface area contributed by atoms with E-state index in [9.17, 15) is 19.5 Å². The topological polar surface area (TPSA) is 105 Å². The second-order valence-corrected chi connectivity index (χ2v) is 6.01. The number of rotatable bonds is 5. The number of amides is 1. The summed E-state index contributed by atoms with van der Waals surface area (Å²) >= 11 is -1.20. The maximum atomic E-state index is 11.6. The summed E-state index contributed by atoms with van der Waals surface area (Å²) in [7, 11) is 0. The number of ether oxygens (including phenoxy) is 1. The number of benzene rings is 1. The molecule has 8 heteroatoms. The van der Waals surface area contributed by atoms with Crippen molar-refractivity contribution in [2.45, 2.75) is 24.6 Å². The summed E-state index contributed by atoms with van der Waals surface area (Å²) in [5.41, 5.74) is 0.256. The Balaban J connectivity index is 2.16. The standard InChI is InChI=1S/C12H14N2O5S/c1-20(18)7-8-6-10(14(16)17)4-5-11(8)19-12(15)13-9-2-3-9/h4-6,9H,2-3,7H2,1H3,(H,13,15). The van der Waals surface area contributed by atoms with Crippen LogP contribution >= 0.6 is 0 Å². The second-order valence-electron chi connectivity index (χ2n) is 4.57. The van der Waals surface area contributed by atoms with Crippen LogP contribution in [0.1, 0.15) is 18.4 Å². The molecule has 1 amide bonds. The number of hydrogen-bond acceptors (Lipinski definition) is 5. The molecule has 1 fully saturated rings. The van der Waals surface area contributed by atoms with Crippen molar-refractivity contribution < 1.29 is 19.0 Å². The molecule has 1 aromatic carbocycles. The number of hydrogen-bond donors (Lipinski definition) is 1. The van der Waals surface area contributed by atoms with E-state index in [-0.39, 0.29) is 23.2 Å². The highest BCUT2D eigenvalue weighted by molar-refractivity contribution is 7.89. The van der Waals surface area contributed by atoms with E-state index in [0.717, 1.165) is 12.8 Å². The van der Waals surface area contributed by atoms with Crippen molar-refractivity contribution in [3.8, 4) is 5.75 Å². The molecule has 0 spiro atoms. The van der Waals surface area contributed by atoms with E-state index in [2.05, 4.69) is 5.32 Å². The van der Waals surface area contributed by atoms with Crippen molar-refractivity contribution in [3.05, 3.63) is 33.9 Å². The van der Waals surface area contributed by atoms with Gasteiger partial charge in [0.05, 0.1) is 16.7 Å². The molecule has 1 atom stereocenters. The minimum atomic E-state index is -1.20. The van der Waals surface area contributed by atoms with Crippen LogP contribution in [0.15, 0.2) is 18.2 Å². The van der Waals surface area contributed by atoms with Gasteiger partial charge in [-0.25, -0.2) is 4.79 Å². The Kier molecular flexibility index (Phi) is 4.46. The minimum Gasteiger partial charge on any atom is -0.616 e. The van der Waals surface area contributed by atoms with E-state index >= 15 is 0 Å². The molecule has 1 unspecified atom stereocenters. The third-order valence-electron chi connectivity index (χ3n) is 2.72. The lowest BCUT2D eigenvalue weighted by atomic mass is 10.2. The lowest BCUT2D eigenvalue weighted by Gasteiger charge is -2.11. The maximum Gasteiger partial charge on any atom is 0.412 e. The summed E-state index contributed by atoms with van der Waals surface area (Å²) in [5, 5.41) is 13.4.